The summed E-state index contributed by atoms with van der Waals surface area (Å²) in [5, 5.41) is 3.45. The molecule has 0 aliphatic rings. The average Bonchev–Trinajstić information content (AvgIpc) is 2.48. The third kappa shape index (κ3) is 4.00. The van der Waals surface area contributed by atoms with E-state index in [1.165, 1.54) is 0 Å². The van der Waals surface area contributed by atoms with E-state index in [2.05, 4.69) is 5.32 Å². The molecule has 0 aliphatic heterocycles. The summed E-state index contributed by atoms with van der Waals surface area (Å²) in [7, 11) is 0. The van der Waals surface area contributed by atoms with Crippen LogP contribution in [-0.2, 0) is 4.79 Å². The van der Waals surface area contributed by atoms with Crippen molar-refractivity contribution in [1.82, 2.24) is 0 Å². The number of hydrogen-bond donors (Lipinski definition) is 1. The smallest absolute Gasteiger partial charge is 0.265 e. The summed E-state index contributed by atoms with van der Waals surface area (Å²) in [5.74, 6) is 0.518. The number of carbonyl (C=O) groups is 1. The second kappa shape index (κ2) is 6.96. The van der Waals surface area contributed by atoms with Crippen LogP contribution in [0.3, 0.4) is 0 Å². The van der Waals surface area contributed by atoms with Gasteiger partial charge >= 0.3 is 0 Å². The van der Waals surface area contributed by atoms with E-state index in [1.807, 2.05) is 37.3 Å². The number of carbonyl (C=O) groups excluding carboxylic acids is 1. The van der Waals surface area contributed by atoms with E-state index < -0.39 is 6.10 Å². The molecule has 0 aromatic heterocycles. The van der Waals surface area contributed by atoms with Gasteiger partial charge in [-0.15, -0.1) is 0 Å². The van der Waals surface area contributed by atoms with E-state index in [0.717, 1.165) is 0 Å². The van der Waals surface area contributed by atoms with E-state index in [1.54, 1.807) is 24.3 Å². The van der Waals surface area contributed by atoms with Crippen molar-refractivity contribution < 1.29 is 9.53 Å². The van der Waals surface area contributed by atoms with Gasteiger partial charge in [-0.3, -0.25) is 4.79 Å². The van der Waals surface area contributed by atoms with Crippen molar-refractivity contribution in [1.29, 1.82) is 0 Å². The first-order valence-electron chi connectivity index (χ1n) is 6.47. The lowest BCUT2D eigenvalue weighted by Gasteiger charge is -2.17. The monoisotopic (exact) mass is 289 g/mol. The number of anilines is 1. The summed E-state index contributed by atoms with van der Waals surface area (Å²) in [5.41, 5.74) is 0.703. The topological polar surface area (TPSA) is 38.3 Å². The van der Waals surface area contributed by atoms with Crippen LogP contribution in [0.5, 0.6) is 5.75 Å². The summed E-state index contributed by atoms with van der Waals surface area (Å²) < 4.78 is 5.68. The fraction of sp³-hybridized carbons (Fsp3) is 0.188. The van der Waals surface area contributed by atoms with Crippen LogP contribution in [0.25, 0.3) is 0 Å². The van der Waals surface area contributed by atoms with Crippen molar-refractivity contribution in [3.63, 3.8) is 0 Å². The number of amides is 1. The lowest BCUT2D eigenvalue weighted by molar-refractivity contribution is -0.122. The largest absolute Gasteiger partial charge is 0.481 e. The van der Waals surface area contributed by atoms with Crippen molar-refractivity contribution in [3.05, 3.63) is 59.6 Å². The van der Waals surface area contributed by atoms with E-state index in [-0.39, 0.29) is 5.91 Å². The van der Waals surface area contributed by atoms with Crippen molar-refractivity contribution in [2.24, 2.45) is 0 Å². The normalized spacial score (nSPS) is 11.7. The quantitative estimate of drug-likeness (QED) is 0.898. The molecule has 0 saturated carbocycles. The van der Waals surface area contributed by atoms with Gasteiger partial charge in [-0.2, -0.15) is 0 Å². The maximum absolute atomic E-state index is 12.2. The molecule has 4 heteroatoms. The Balaban J connectivity index is 2.00. The molecule has 0 spiro atoms. The Hall–Kier alpha value is -2.00. The zero-order chi connectivity index (χ0) is 14.4. The number of rotatable bonds is 5. The van der Waals surface area contributed by atoms with Gasteiger partial charge in [0.1, 0.15) is 5.75 Å². The fourth-order valence-corrected chi connectivity index (χ4v) is 1.87. The second-order valence-electron chi connectivity index (χ2n) is 4.32. The molecule has 1 N–H and O–H groups in total. The highest BCUT2D eigenvalue weighted by Gasteiger charge is 2.18. The first kappa shape index (κ1) is 14.4. The molecule has 0 fully saturated rings. The maximum Gasteiger partial charge on any atom is 0.265 e. The molecule has 0 radical (unpaired) electrons. The lowest BCUT2D eigenvalue weighted by Crippen LogP contribution is -2.32. The Kier molecular flexibility index (Phi) is 5.02. The molecule has 20 heavy (non-hydrogen) atoms. The van der Waals surface area contributed by atoms with Gasteiger partial charge in [-0.25, -0.2) is 0 Å². The Labute approximate surface area is 123 Å². The van der Waals surface area contributed by atoms with E-state index in [4.69, 9.17) is 16.3 Å². The van der Waals surface area contributed by atoms with Crippen LogP contribution < -0.4 is 10.1 Å². The molecule has 0 aliphatic carbocycles. The Morgan fingerprint density at radius 2 is 1.80 bits per heavy atom. The second-order valence-corrected chi connectivity index (χ2v) is 4.76. The Morgan fingerprint density at radius 3 is 2.40 bits per heavy atom. The van der Waals surface area contributed by atoms with Gasteiger partial charge in [0.05, 0.1) is 0 Å². The zero-order valence-corrected chi connectivity index (χ0v) is 11.9. The highest BCUT2D eigenvalue weighted by Crippen LogP contribution is 2.16. The highest BCUT2D eigenvalue weighted by molar-refractivity contribution is 6.30. The molecule has 0 bridgehead atoms. The van der Waals surface area contributed by atoms with Crippen LogP contribution in [-0.4, -0.2) is 12.0 Å². The van der Waals surface area contributed by atoms with E-state index in [0.29, 0.717) is 22.9 Å². The molecule has 2 rings (SSSR count). The van der Waals surface area contributed by atoms with E-state index in [9.17, 15) is 4.79 Å². The Morgan fingerprint density at radius 1 is 1.15 bits per heavy atom. The van der Waals surface area contributed by atoms with Crippen molar-refractivity contribution in [2.75, 3.05) is 5.32 Å². The number of para-hydroxylation sites is 1. The third-order valence-corrected chi connectivity index (χ3v) is 3.05. The summed E-state index contributed by atoms with van der Waals surface area (Å²) in [4.78, 5) is 12.2. The SMILES string of the molecule is CC[C@H](Oc1ccccc1)C(=O)Nc1ccc(Cl)cc1. The van der Waals surface area contributed by atoms with Gasteiger partial charge < -0.3 is 10.1 Å². The van der Waals surface area contributed by atoms with Crippen LogP contribution in [0, 0.1) is 0 Å². The van der Waals surface area contributed by atoms with Gasteiger partial charge in [0.2, 0.25) is 0 Å². The van der Waals surface area contributed by atoms with Crippen LogP contribution in [0.1, 0.15) is 13.3 Å². The molecule has 1 amide bonds. The van der Waals surface area contributed by atoms with Crippen LogP contribution in [0.2, 0.25) is 5.02 Å². The number of benzene rings is 2. The fourth-order valence-electron chi connectivity index (χ4n) is 1.74. The Bertz CT molecular complexity index is 554. The van der Waals surface area contributed by atoms with Crippen LogP contribution in [0.15, 0.2) is 54.6 Å². The first-order valence-corrected chi connectivity index (χ1v) is 6.85. The number of nitrogens with one attached hydrogen (secondary N) is 1. The molecule has 0 unspecified atom stereocenters. The standard InChI is InChI=1S/C16H16ClNO2/c1-2-15(20-14-6-4-3-5-7-14)16(19)18-13-10-8-12(17)9-11-13/h3-11,15H,2H2,1H3,(H,18,19)/t15-/m0/s1. The minimum absolute atomic E-state index is 0.168. The van der Waals surface area contributed by atoms with Gasteiger partial charge in [0.15, 0.2) is 6.10 Å². The number of ether oxygens (including phenoxy) is 1. The number of hydrogen-bond acceptors (Lipinski definition) is 2. The summed E-state index contributed by atoms with van der Waals surface area (Å²) in [6.07, 6.45) is 0.0713. The zero-order valence-electron chi connectivity index (χ0n) is 11.2. The summed E-state index contributed by atoms with van der Waals surface area (Å²) in [6.45, 7) is 1.91. The minimum Gasteiger partial charge on any atom is -0.481 e. The highest BCUT2D eigenvalue weighted by atomic mass is 35.5. The van der Waals surface area contributed by atoms with Gasteiger partial charge in [0.25, 0.3) is 5.91 Å². The molecule has 2 aromatic rings. The lowest BCUT2D eigenvalue weighted by atomic mass is 10.2. The minimum atomic E-state index is -0.520. The molecule has 0 heterocycles. The third-order valence-electron chi connectivity index (χ3n) is 2.80. The molecular weight excluding hydrogens is 274 g/mol. The molecule has 0 saturated heterocycles. The van der Waals surface area contributed by atoms with Crippen LogP contribution >= 0.6 is 11.6 Å². The van der Waals surface area contributed by atoms with Gasteiger partial charge in [0, 0.05) is 10.7 Å². The van der Waals surface area contributed by atoms with Crippen molar-refractivity contribution in [2.45, 2.75) is 19.4 Å². The predicted octanol–water partition coefficient (Wildman–Crippen LogP) is 4.14. The summed E-state index contributed by atoms with van der Waals surface area (Å²) >= 11 is 5.81. The van der Waals surface area contributed by atoms with Crippen molar-refractivity contribution >= 4 is 23.2 Å². The summed E-state index contributed by atoms with van der Waals surface area (Å²) in [6, 6.07) is 16.3. The molecule has 2 aromatic carbocycles. The van der Waals surface area contributed by atoms with Gasteiger partial charge in [-0.1, -0.05) is 36.7 Å². The maximum atomic E-state index is 12.2. The molecular formula is C16H16ClNO2. The van der Waals surface area contributed by atoms with Gasteiger partial charge in [-0.05, 0) is 42.8 Å². The number of halogens is 1. The van der Waals surface area contributed by atoms with Crippen LogP contribution in [0.4, 0.5) is 5.69 Å². The molecule has 104 valence electrons. The average molecular weight is 290 g/mol. The molecule has 1 atom stereocenters. The van der Waals surface area contributed by atoms with E-state index >= 15 is 0 Å². The van der Waals surface area contributed by atoms with Crippen molar-refractivity contribution in [3.8, 4) is 5.75 Å². The predicted molar refractivity (Wildman–Crippen MR) is 81.2 cm³/mol. The molecule has 3 nitrogen and oxygen atoms in total. The first-order chi connectivity index (χ1) is 9.69.